The summed E-state index contributed by atoms with van der Waals surface area (Å²) in [6.07, 6.45) is 5.91. The standard InChI is InChI=1S/C22H15Cl2N3O2/c23-17-6-5-16(11-18(17)24)29-15-3-1-2-13(10-15)22-25-12-14-4-7-20(28)26-19-8-9-27(22)21(14)19/h1-7,10-12H,8-9H2,(H,26,28). The summed E-state index contributed by atoms with van der Waals surface area (Å²) in [5.74, 6) is 1.99. The fourth-order valence-corrected chi connectivity index (χ4v) is 3.91. The van der Waals surface area contributed by atoms with E-state index in [1.165, 1.54) is 6.08 Å². The molecular formula is C22H15Cl2N3O2. The Balaban J connectivity index is 1.48. The summed E-state index contributed by atoms with van der Waals surface area (Å²) in [5, 5.41) is 3.88. The number of ether oxygens (including phenoxy) is 1. The highest BCUT2D eigenvalue weighted by Gasteiger charge is 2.32. The lowest BCUT2D eigenvalue weighted by Gasteiger charge is -2.27. The van der Waals surface area contributed by atoms with Gasteiger partial charge >= 0.3 is 0 Å². The average molecular weight is 424 g/mol. The molecule has 7 heteroatoms. The lowest BCUT2D eigenvalue weighted by molar-refractivity contribution is -0.115. The summed E-state index contributed by atoms with van der Waals surface area (Å²) >= 11 is 12.1. The van der Waals surface area contributed by atoms with Crippen LogP contribution in [0.4, 0.5) is 0 Å². The molecule has 3 aliphatic rings. The van der Waals surface area contributed by atoms with Crippen LogP contribution in [-0.2, 0) is 4.79 Å². The third kappa shape index (κ3) is 3.33. The first-order chi connectivity index (χ1) is 14.1. The van der Waals surface area contributed by atoms with E-state index in [0.717, 1.165) is 41.3 Å². The van der Waals surface area contributed by atoms with Crippen LogP contribution in [0.5, 0.6) is 11.5 Å². The molecule has 2 aromatic rings. The Labute approximate surface area is 177 Å². The van der Waals surface area contributed by atoms with Crippen molar-refractivity contribution < 1.29 is 9.53 Å². The molecule has 0 saturated heterocycles. The van der Waals surface area contributed by atoms with Gasteiger partial charge in [0, 0.05) is 48.1 Å². The molecule has 0 saturated carbocycles. The van der Waals surface area contributed by atoms with Gasteiger partial charge in [0.2, 0.25) is 5.91 Å². The summed E-state index contributed by atoms with van der Waals surface area (Å²) in [7, 11) is 0. The number of amides is 1. The lowest BCUT2D eigenvalue weighted by Crippen LogP contribution is -2.31. The Hall–Kier alpha value is -3.02. The zero-order valence-corrected chi connectivity index (χ0v) is 16.7. The number of carbonyl (C=O) groups excluding carboxylic acids is 1. The second kappa shape index (κ2) is 7.10. The monoisotopic (exact) mass is 423 g/mol. The minimum Gasteiger partial charge on any atom is -0.457 e. The molecule has 3 heterocycles. The molecule has 29 heavy (non-hydrogen) atoms. The first-order valence-electron chi connectivity index (χ1n) is 9.10. The maximum Gasteiger partial charge on any atom is 0.248 e. The number of amidine groups is 1. The van der Waals surface area contributed by atoms with Crippen molar-refractivity contribution in [3.8, 4) is 11.5 Å². The van der Waals surface area contributed by atoms with Crippen molar-refractivity contribution in [1.29, 1.82) is 0 Å². The molecular weight excluding hydrogens is 409 g/mol. The molecule has 5 rings (SSSR count). The van der Waals surface area contributed by atoms with Crippen molar-refractivity contribution in [3.63, 3.8) is 0 Å². The fourth-order valence-electron chi connectivity index (χ4n) is 3.63. The molecule has 3 aliphatic heterocycles. The number of hydrogen-bond donors (Lipinski definition) is 1. The van der Waals surface area contributed by atoms with E-state index in [0.29, 0.717) is 21.5 Å². The van der Waals surface area contributed by atoms with Gasteiger partial charge in [0.25, 0.3) is 0 Å². The van der Waals surface area contributed by atoms with Gasteiger partial charge in [-0.1, -0.05) is 35.3 Å². The van der Waals surface area contributed by atoms with Gasteiger partial charge < -0.3 is 15.0 Å². The largest absolute Gasteiger partial charge is 0.457 e. The van der Waals surface area contributed by atoms with Crippen molar-refractivity contribution in [1.82, 2.24) is 10.2 Å². The molecule has 1 N–H and O–H groups in total. The maximum absolute atomic E-state index is 11.9. The van der Waals surface area contributed by atoms with Crippen molar-refractivity contribution >= 4 is 34.9 Å². The number of benzene rings is 2. The summed E-state index contributed by atoms with van der Waals surface area (Å²) in [6.45, 7) is 0.757. The number of halogens is 2. The number of rotatable bonds is 3. The molecule has 5 nitrogen and oxygen atoms in total. The van der Waals surface area contributed by atoms with E-state index in [2.05, 4.69) is 15.2 Å². The third-order valence-corrected chi connectivity index (χ3v) is 5.64. The van der Waals surface area contributed by atoms with Gasteiger partial charge in [0.05, 0.1) is 15.7 Å². The number of aliphatic imine (C=N–C) groups is 1. The van der Waals surface area contributed by atoms with E-state index < -0.39 is 0 Å². The second-order valence-corrected chi connectivity index (χ2v) is 7.61. The number of hydrogen-bond acceptors (Lipinski definition) is 4. The SMILES string of the molecule is O=C1C=CC2=CN=C(c3cccc(Oc4ccc(Cl)c(Cl)c4)c3)N3CCC(=C23)N1. The van der Waals surface area contributed by atoms with Gasteiger partial charge in [-0.3, -0.25) is 4.79 Å². The summed E-state index contributed by atoms with van der Waals surface area (Å²) < 4.78 is 5.95. The highest BCUT2D eigenvalue weighted by atomic mass is 35.5. The molecule has 2 aromatic carbocycles. The van der Waals surface area contributed by atoms with E-state index in [1.807, 2.05) is 24.3 Å². The highest BCUT2D eigenvalue weighted by molar-refractivity contribution is 6.42. The Morgan fingerprint density at radius 2 is 1.90 bits per heavy atom. The maximum atomic E-state index is 11.9. The van der Waals surface area contributed by atoms with Crippen LogP contribution in [0.1, 0.15) is 12.0 Å². The van der Waals surface area contributed by atoms with E-state index in [9.17, 15) is 4.79 Å². The number of nitrogens with one attached hydrogen (secondary N) is 1. The summed E-state index contributed by atoms with van der Waals surface area (Å²) in [5.41, 5.74) is 3.80. The molecule has 0 bridgehead atoms. The normalized spacial score (nSPS) is 17.4. The number of allylic oxidation sites excluding steroid dienone is 1. The van der Waals surface area contributed by atoms with Crippen LogP contribution in [0.3, 0.4) is 0 Å². The van der Waals surface area contributed by atoms with Gasteiger partial charge in [-0.05, 0) is 30.3 Å². The molecule has 0 aromatic heterocycles. The average Bonchev–Trinajstić information content (AvgIpc) is 3.05. The second-order valence-electron chi connectivity index (χ2n) is 6.79. The van der Waals surface area contributed by atoms with E-state index in [4.69, 9.17) is 27.9 Å². The van der Waals surface area contributed by atoms with Gasteiger partial charge in [-0.15, -0.1) is 0 Å². The zero-order valence-electron chi connectivity index (χ0n) is 15.2. The molecule has 0 fully saturated rings. The van der Waals surface area contributed by atoms with Crippen LogP contribution < -0.4 is 10.1 Å². The Bertz CT molecular complexity index is 1160. The van der Waals surface area contributed by atoms with Crippen LogP contribution in [0, 0.1) is 0 Å². The smallest absolute Gasteiger partial charge is 0.248 e. The Morgan fingerprint density at radius 1 is 1.03 bits per heavy atom. The summed E-state index contributed by atoms with van der Waals surface area (Å²) in [4.78, 5) is 18.7. The zero-order chi connectivity index (χ0) is 20.0. The van der Waals surface area contributed by atoms with Gasteiger partial charge in [0.1, 0.15) is 17.3 Å². The minimum absolute atomic E-state index is 0.108. The Kier molecular flexibility index (Phi) is 4.42. The van der Waals surface area contributed by atoms with Crippen molar-refractivity contribution in [3.05, 3.63) is 93.4 Å². The Morgan fingerprint density at radius 3 is 2.76 bits per heavy atom. The molecule has 144 valence electrons. The fraction of sp³-hybridized carbons (Fsp3) is 0.0909. The van der Waals surface area contributed by atoms with Gasteiger partial charge in [-0.25, -0.2) is 4.99 Å². The minimum atomic E-state index is -0.108. The van der Waals surface area contributed by atoms with Crippen molar-refractivity contribution in [2.75, 3.05) is 6.54 Å². The van der Waals surface area contributed by atoms with Crippen LogP contribution in [0.2, 0.25) is 10.0 Å². The van der Waals surface area contributed by atoms with Crippen LogP contribution in [-0.4, -0.2) is 23.2 Å². The van der Waals surface area contributed by atoms with Crippen LogP contribution >= 0.6 is 23.2 Å². The molecule has 0 radical (unpaired) electrons. The summed E-state index contributed by atoms with van der Waals surface area (Å²) in [6, 6.07) is 12.9. The topological polar surface area (TPSA) is 53.9 Å². The first-order valence-corrected chi connectivity index (χ1v) is 9.85. The van der Waals surface area contributed by atoms with Crippen molar-refractivity contribution in [2.45, 2.75) is 6.42 Å². The van der Waals surface area contributed by atoms with E-state index in [1.54, 1.807) is 30.5 Å². The van der Waals surface area contributed by atoms with E-state index >= 15 is 0 Å². The number of carbonyl (C=O) groups is 1. The first kappa shape index (κ1) is 18.0. The number of nitrogens with zero attached hydrogens (tertiary/aromatic N) is 2. The predicted octanol–water partition coefficient (Wildman–Crippen LogP) is 5.03. The van der Waals surface area contributed by atoms with Crippen LogP contribution in [0.15, 0.2) is 82.8 Å². The highest BCUT2D eigenvalue weighted by Crippen LogP contribution is 2.35. The molecule has 0 atom stereocenters. The molecule has 1 amide bonds. The molecule has 0 aliphatic carbocycles. The van der Waals surface area contributed by atoms with Gasteiger partial charge in [0.15, 0.2) is 0 Å². The predicted molar refractivity (Wildman–Crippen MR) is 113 cm³/mol. The van der Waals surface area contributed by atoms with Gasteiger partial charge in [-0.2, -0.15) is 0 Å². The molecule has 0 unspecified atom stereocenters. The quantitative estimate of drug-likeness (QED) is 0.752. The molecule has 0 spiro atoms. The van der Waals surface area contributed by atoms with E-state index in [-0.39, 0.29) is 5.91 Å². The lowest BCUT2D eigenvalue weighted by atomic mass is 10.1. The third-order valence-electron chi connectivity index (χ3n) is 4.90. The van der Waals surface area contributed by atoms with Crippen molar-refractivity contribution in [2.24, 2.45) is 4.99 Å². The van der Waals surface area contributed by atoms with Crippen LogP contribution in [0.25, 0.3) is 0 Å².